The van der Waals surface area contributed by atoms with Crippen LogP contribution in [0.3, 0.4) is 0 Å². The molecule has 0 spiro atoms. The first-order valence-electron chi connectivity index (χ1n) is 1.91. The van der Waals surface area contributed by atoms with Gasteiger partial charge in [-0.2, -0.15) is 0 Å². The van der Waals surface area contributed by atoms with E-state index in [0.717, 1.165) is 0 Å². The van der Waals surface area contributed by atoms with Crippen LogP contribution < -0.4 is 0 Å². The van der Waals surface area contributed by atoms with Gasteiger partial charge in [-0.25, -0.2) is 0 Å². The van der Waals surface area contributed by atoms with Crippen molar-refractivity contribution < 1.29 is 4.74 Å². The van der Waals surface area contributed by atoms with E-state index in [2.05, 4.69) is 0 Å². The van der Waals surface area contributed by atoms with Crippen LogP contribution in [0.4, 0.5) is 0 Å². The van der Waals surface area contributed by atoms with E-state index in [-0.39, 0.29) is 11.7 Å². The summed E-state index contributed by atoms with van der Waals surface area (Å²) in [6, 6.07) is 0. The van der Waals surface area contributed by atoms with Gasteiger partial charge in [0.05, 0.1) is 0 Å². The Balaban J connectivity index is 2.21. The van der Waals surface area contributed by atoms with Crippen molar-refractivity contribution in [3.8, 4) is 0 Å². The minimum atomic E-state index is -0.130. The molecule has 0 bridgehead atoms. The van der Waals surface area contributed by atoms with Crippen molar-refractivity contribution in [3.05, 3.63) is 11.6 Å². The Hall–Kier alpha value is 0.280. The van der Waals surface area contributed by atoms with Crippen LogP contribution in [0.5, 0.6) is 0 Å². The Morgan fingerprint density at radius 3 is 2.29 bits per heavy atom. The predicted octanol–water partition coefficient (Wildman–Crippen LogP) is 1.70. The molecular weight excluding hydrogens is 135 g/mol. The van der Waals surface area contributed by atoms with Crippen molar-refractivity contribution >= 4 is 23.2 Å². The van der Waals surface area contributed by atoms with Crippen LogP contribution >= 0.6 is 23.2 Å². The zero-order valence-corrected chi connectivity index (χ0v) is 4.99. The summed E-state index contributed by atoms with van der Waals surface area (Å²) in [4.78, 5) is 0. The van der Waals surface area contributed by atoms with Gasteiger partial charge in [-0.05, 0) is 6.08 Å². The van der Waals surface area contributed by atoms with Gasteiger partial charge < -0.3 is 4.74 Å². The van der Waals surface area contributed by atoms with E-state index >= 15 is 0 Å². The highest BCUT2D eigenvalue weighted by molar-refractivity contribution is 6.25. The number of ether oxygens (including phenoxy) is 1. The minimum Gasteiger partial charge on any atom is -0.348 e. The molecule has 1 nitrogen and oxygen atoms in total. The molecule has 0 N–H and O–H groups in total. The molecule has 0 aliphatic carbocycles. The van der Waals surface area contributed by atoms with Crippen LogP contribution in [0.2, 0.25) is 0 Å². The van der Waals surface area contributed by atoms with Crippen molar-refractivity contribution in [1.29, 1.82) is 0 Å². The number of hydrogen-bond acceptors (Lipinski definition) is 1. The smallest absolute Gasteiger partial charge is 0.161 e. The van der Waals surface area contributed by atoms with Gasteiger partial charge in [0.15, 0.2) is 5.56 Å². The number of halogens is 2. The molecule has 0 aromatic carbocycles. The van der Waals surface area contributed by atoms with Crippen LogP contribution in [0.15, 0.2) is 11.6 Å². The zero-order chi connectivity index (χ0) is 5.28. The van der Waals surface area contributed by atoms with Crippen molar-refractivity contribution in [2.24, 2.45) is 0 Å². The van der Waals surface area contributed by atoms with E-state index in [1.54, 1.807) is 6.08 Å². The first-order valence-corrected chi connectivity index (χ1v) is 2.78. The monoisotopic (exact) mass is 138 g/mol. The van der Waals surface area contributed by atoms with Gasteiger partial charge in [0.1, 0.15) is 6.10 Å². The molecule has 0 saturated carbocycles. The summed E-state index contributed by atoms with van der Waals surface area (Å²) >= 11 is 10.6. The molecule has 1 saturated heterocycles. The maximum Gasteiger partial charge on any atom is 0.161 e. The fourth-order valence-corrected chi connectivity index (χ4v) is 0.655. The average molecular weight is 139 g/mol. The lowest BCUT2D eigenvalue weighted by Crippen LogP contribution is -1.74. The topological polar surface area (TPSA) is 12.5 Å². The molecule has 0 amide bonds. The highest BCUT2D eigenvalue weighted by atomic mass is 35.5. The second kappa shape index (κ2) is 2.03. The molecule has 7 heavy (non-hydrogen) atoms. The summed E-state index contributed by atoms with van der Waals surface area (Å²) in [5, 5.41) is 0. The molecular formula is C4H4Cl2O. The first-order chi connectivity index (χ1) is 3.34. The van der Waals surface area contributed by atoms with E-state index in [9.17, 15) is 0 Å². The molecule has 1 fully saturated rings. The van der Waals surface area contributed by atoms with Crippen molar-refractivity contribution in [3.63, 3.8) is 0 Å². The summed E-state index contributed by atoms with van der Waals surface area (Å²) in [6.07, 6.45) is 1.78. The third-order valence-electron chi connectivity index (χ3n) is 0.731. The van der Waals surface area contributed by atoms with Crippen LogP contribution in [0, 0.1) is 0 Å². The van der Waals surface area contributed by atoms with E-state index in [1.807, 2.05) is 0 Å². The molecule has 0 aromatic heterocycles. The number of hydrogen-bond donors (Lipinski definition) is 0. The highest BCUT2D eigenvalue weighted by Gasteiger charge is 2.33. The largest absolute Gasteiger partial charge is 0.348 e. The lowest BCUT2D eigenvalue weighted by molar-refractivity contribution is 0.426. The van der Waals surface area contributed by atoms with E-state index in [1.165, 1.54) is 5.54 Å². The Labute approximate surface area is 51.9 Å². The third kappa shape index (κ3) is 1.34. The molecule has 1 heterocycles. The summed E-state index contributed by atoms with van der Waals surface area (Å²) < 4.78 is 4.75. The Bertz CT molecular complexity index is 91.7. The predicted molar refractivity (Wildman–Crippen MR) is 29.5 cm³/mol. The lowest BCUT2D eigenvalue weighted by Gasteiger charge is -1.66. The van der Waals surface area contributed by atoms with Gasteiger partial charge in [0.2, 0.25) is 0 Å². The van der Waals surface area contributed by atoms with Gasteiger partial charge in [-0.3, -0.25) is 0 Å². The summed E-state index contributed by atoms with van der Waals surface area (Å²) in [5.41, 5.74) is 1.28. The summed E-state index contributed by atoms with van der Waals surface area (Å²) in [5.74, 6) is 0. The van der Waals surface area contributed by atoms with Gasteiger partial charge in [0.25, 0.3) is 0 Å². The van der Waals surface area contributed by atoms with Crippen LogP contribution in [0.25, 0.3) is 0 Å². The van der Waals surface area contributed by atoms with Crippen LogP contribution in [-0.2, 0) is 4.74 Å². The first kappa shape index (κ1) is 5.42. The Kier molecular flexibility index (Phi) is 1.57. The summed E-state index contributed by atoms with van der Waals surface area (Å²) in [6.45, 7) is 0. The SMILES string of the molecule is ClC=CC1OC1Cl. The molecule has 0 aromatic rings. The van der Waals surface area contributed by atoms with Gasteiger partial charge in [0, 0.05) is 5.54 Å². The molecule has 1 rings (SSSR count). The maximum atomic E-state index is 5.40. The maximum absolute atomic E-state index is 5.40. The normalized spacial score (nSPS) is 39.7. The molecule has 3 heteroatoms. The second-order valence-electron chi connectivity index (χ2n) is 1.27. The fraction of sp³-hybridized carbons (Fsp3) is 0.500. The number of rotatable bonds is 1. The number of epoxide rings is 1. The molecule has 1 aliphatic rings. The zero-order valence-electron chi connectivity index (χ0n) is 3.47. The van der Waals surface area contributed by atoms with Crippen LogP contribution in [-0.4, -0.2) is 11.7 Å². The molecule has 2 atom stereocenters. The lowest BCUT2D eigenvalue weighted by atomic mass is 10.5. The Morgan fingerprint density at radius 1 is 1.57 bits per heavy atom. The number of alkyl halides is 1. The van der Waals surface area contributed by atoms with E-state index in [4.69, 9.17) is 27.9 Å². The molecule has 2 unspecified atom stereocenters. The van der Waals surface area contributed by atoms with Crippen molar-refractivity contribution in [1.82, 2.24) is 0 Å². The Morgan fingerprint density at radius 2 is 2.14 bits per heavy atom. The molecule has 40 valence electrons. The standard InChI is InChI=1S/C4H4Cl2O/c5-2-1-3-4(6)7-3/h1-4H. The highest BCUT2D eigenvalue weighted by Crippen LogP contribution is 2.26. The third-order valence-corrected chi connectivity index (χ3v) is 1.23. The molecule has 0 radical (unpaired) electrons. The minimum absolute atomic E-state index is 0.0687. The van der Waals surface area contributed by atoms with E-state index in [0.29, 0.717) is 0 Å². The van der Waals surface area contributed by atoms with Gasteiger partial charge >= 0.3 is 0 Å². The summed E-state index contributed by atoms with van der Waals surface area (Å²) in [7, 11) is 0. The quantitative estimate of drug-likeness (QED) is 0.397. The fourth-order valence-electron chi connectivity index (χ4n) is 0.309. The van der Waals surface area contributed by atoms with Crippen molar-refractivity contribution in [2.45, 2.75) is 11.7 Å². The van der Waals surface area contributed by atoms with E-state index < -0.39 is 0 Å². The van der Waals surface area contributed by atoms with Gasteiger partial charge in [-0.15, -0.1) is 0 Å². The average Bonchev–Trinajstić information content (AvgIpc) is 2.22. The van der Waals surface area contributed by atoms with Gasteiger partial charge in [-0.1, -0.05) is 23.2 Å². The molecule has 1 aliphatic heterocycles. The second-order valence-corrected chi connectivity index (χ2v) is 1.95. The van der Waals surface area contributed by atoms with Crippen LogP contribution in [0.1, 0.15) is 0 Å². The van der Waals surface area contributed by atoms with Crippen molar-refractivity contribution in [2.75, 3.05) is 0 Å².